The maximum atomic E-state index is 11.5. The van der Waals surface area contributed by atoms with Crippen LogP contribution in [-0.4, -0.2) is 32.1 Å². The molecule has 1 aliphatic rings. The Morgan fingerprint density at radius 1 is 1.29 bits per heavy atom. The van der Waals surface area contributed by atoms with Crippen molar-refractivity contribution < 1.29 is 22.2 Å². The summed E-state index contributed by atoms with van der Waals surface area (Å²) in [6, 6.07) is 0. The molecule has 1 heterocycles. The molecule has 0 saturated carbocycles. The van der Waals surface area contributed by atoms with Crippen LogP contribution in [0.15, 0.2) is 0 Å². The van der Waals surface area contributed by atoms with Crippen molar-refractivity contribution in [2.75, 3.05) is 5.75 Å². The molecule has 0 aromatic heterocycles. The van der Waals surface area contributed by atoms with Gasteiger partial charge in [-0.2, -0.15) is 8.42 Å². The van der Waals surface area contributed by atoms with Gasteiger partial charge in [-0.05, 0) is 6.42 Å². The van der Waals surface area contributed by atoms with Crippen LogP contribution in [-0.2, 0) is 23.9 Å². The lowest BCUT2D eigenvalue weighted by atomic mass is 10.2. The number of unbranched alkanes of at least 4 members (excludes halogenated alkanes) is 3. The molecule has 1 fully saturated rings. The summed E-state index contributed by atoms with van der Waals surface area (Å²) in [5.74, 6) is -1.28. The number of hydrogen-bond donors (Lipinski definition) is 1. The fourth-order valence-corrected chi connectivity index (χ4v) is 2.70. The lowest BCUT2D eigenvalue weighted by molar-refractivity contribution is -0.126. The number of hydrogen-bond acceptors (Lipinski definition) is 5. The van der Waals surface area contributed by atoms with E-state index in [4.69, 9.17) is 4.18 Å². The number of nitrogens with one attached hydrogen (secondary N) is 1. The molecule has 6 nitrogen and oxygen atoms in total. The molecule has 0 bridgehead atoms. The number of imide groups is 1. The monoisotopic (exact) mass is 263 g/mol. The lowest BCUT2D eigenvalue weighted by Gasteiger charge is -2.08. The maximum absolute atomic E-state index is 11.5. The van der Waals surface area contributed by atoms with Crippen molar-refractivity contribution in [3.05, 3.63) is 0 Å². The first-order valence-electron chi connectivity index (χ1n) is 5.69. The molecule has 1 atom stereocenters. The second-order valence-electron chi connectivity index (χ2n) is 4.02. The number of carbonyl (C=O) groups is 2. The smallest absolute Gasteiger partial charge is 0.268 e. The van der Waals surface area contributed by atoms with Gasteiger partial charge in [0.15, 0.2) is 6.10 Å². The summed E-state index contributed by atoms with van der Waals surface area (Å²) in [7, 11) is -3.71. The minimum Gasteiger partial charge on any atom is -0.294 e. The molecular weight excluding hydrogens is 246 g/mol. The molecule has 0 aliphatic carbocycles. The molecule has 17 heavy (non-hydrogen) atoms. The van der Waals surface area contributed by atoms with E-state index in [1.807, 2.05) is 12.2 Å². The van der Waals surface area contributed by atoms with E-state index in [0.717, 1.165) is 19.3 Å². The van der Waals surface area contributed by atoms with Gasteiger partial charge in [0.2, 0.25) is 5.91 Å². The van der Waals surface area contributed by atoms with Crippen LogP contribution in [0.4, 0.5) is 0 Å². The Hall–Kier alpha value is -0.950. The van der Waals surface area contributed by atoms with E-state index in [2.05, 4.69) is 0 Å². The summed E-state index contributed by atoms with van der Waals surface area (Å²) in [5, 5.41) is 2.00. The minimum absolute atomic E-state index is 0.106. The number of carbonyl (C=O) groups excluding carboxylic acids is 2. The van der Waals surface area contributed by atoms with Crippen LogP contribution >= 0.6 is 0 Å². The van der Waals surface area contributed by atoms with E-state index in [0.29, 0.717) is 6.42 Å². The van der Waals surface area contributed by atoms with E-state index in [1.165, 1.54) is 0 Å². The number of rotatable bonds is 7. The second kappa shape index (κ2) is 6.11. The highest BCUT2D eigenvalue weighted by atomic mass is 32.2. The van der Waals surface area contributed by atoms with Crippen molar-refractivity contribution in [2.45, 2.75) is 45.1 Å². The van der Waals surface area contributed by atoms with Crippen LogP contribution in [0.1, 0.15) is 39.0 Å². The normalized spacial score (nSPS) is 20.6. The first kappa shape index (κ1) is 14.1. The SMILES string of the molecule is CCCCCCS(=O)(=O)OC1CC(=O)NC1=O. The van der Waals surface area contributed by atoms with Crippen LogP contribution < -0.4 is 5.32 Å². The minimum atomic E-state index is -3.71. The Labute approximate surface area is 101 Å². The zero-order valence-electron chi connectivity index (χ0n) is 9.77. The zero-order valence-corrected chi connectivity index (χ0v) is 10.6. The highest BCUT2D eigenvalue weighted by Gasteiger charge is 2.35. The van der Waals surface area contributed by atoms with Crippen LogP contribution in [0, 0.1) is 0 Å². The van der Waals surface area contributed by atoms with E-state index >= 15 is 0 Å². The third-order valence-corrected chi connectivity index (χ3v) is 3.75. The first-order valence-corrected chi connectivity index (χ1v) is 7.27. The van der Waals surface area contributed by atoms with E-state index in [-0.39, 0.29) is 12.2 Å². The molecule has 1 saturated heterocycles. The fourth-order valence-electron chi connectivity index (χ4n) is 1.54. The first-order chi connectivity index (χ1) is 7.94. The van der Waals surface area contributed by atoms with Crippen LogP contribution in [0.25, 0.3) is 0 Å². The van der Waals surface area contributed by atoms with Crippen molar-refractivity contribution in [3.63, 3.8) is 0 Å². The van der Waals surface area contributed by atoms with Crippen molar-refractivity contribution in [3.8, 4) is 0 Å². The van der Waals surface area contributed by atoms with Crippen LogP contribution in [0.5, 0.6) is 0 Å². The van der Waals surface area contributed by atoms with Gasteiger partial charge in [-0.1, -0.05) is 26.2 Å². The zero-order chi connectivity index (χ0) is 12.9. The molecule has 1 rings (SSSR count). The molecule has 1 N–H and O–H groups in total. The molecule has 2 amide bonds. The summed E-state index contributed by atoms with van der Waals surface area (Å²) >= 11 is 0. The quantitative estimate of drug-likeness (QED) is 0.406. The van der Waals surface area contributed by atoms with E-state index in [1.54, 1.807) is 0 Å². The maximum Gasteiger partial charge on any atom is 0.268 e. The van der Waals surface area contributed by atoms with Gasteiger partial charge >= 0.3 is 0 Å². The Bertz CT molecular complexity index is 390. The van der Waals surface area contributed by atoms with Gasteiger partial charge in [0, 0.05) is 0 Å². The molecule has 0 spiro atoms. The Kier molecular flexibility index (Phi) is 5.07. The average Bonchev–Trinajstić information content (AvgIpc) is 2.52. The highest BCUT2D eigenvalue weighted by Crippen LogP contribution is 2.12. The fraction of sp³-hybridized carbons (Fsp3) is 0.800. The van der Waals surface area contributed by atoms with Crippen molar-refractivity contribution in [1.29, 1.82) is 0 Å². The van der Waals surface area contributed by atoms with Gasteiger partial charge in [-0.25, -0.2) is 0 Å². The van der Waals surface area contributed by atoms with Crippen molar-refractivity contribution in [2.24, 2.45) is 0 Å². The van der Waals surface area contributed by atoms with Crippen molar-refractivity contribution in [1.82, 2.24) is 5.32 Å². The largest absolute Gasteiger partial charge is 0.294 e. The molecule has 7 heteroatoms. The van der Waals surface area contributed by atoms with Crippen molar-refractivity contribution >= 4 is 21.9 Å². The number of amides is 2. The van der Waals surface area contributed by atoms with Gasteiger partial charge in [-0.15, -0.1) is 0 Å². The lowest BCUT2D eigenvalue weighted by Crippen LogP contribution is -2.29. The topological polar surface area (TPSA) is 89.5 Å². The molecular formula is C10H17NO5S. The Morgan fingerprint density at radius 3 is 2.53 bits per heavy atom. The molecule has 0 aromatic rings. The molecule has 0 aromatic carbocycles. The predicted octanol–water partition coefficient (Wildman–Crippen LogP) is 0.328. The Balaban J connectivity index is 2.39. The molecule has 1 unspecified atom stereocenters. The third-order valence-electron chi connectivity index (χ3n) is 2.44. The van der Waals surface area contributed by atoms with E-state index in [9.17, 15) is 18.0 Å². The van der Waals surface area contributed by atoms with Gasteiger partial charge in [0.1, 0.15) is 0 Å². The molecule has 98 valence electrons. The second-order valence-corrected chi connectivity index (χ2v) is 5.74. The van der Waals surface area contributed by atoms with Gasteiger partial charge in [0.25, 0.3) is 16.0 Å². The third kappa shape index (κ3) is 4.82. The predicted molar refractivity (Wildman–Crippen MR) is 60.6 cm³/mol. The summed E-state index contributed by atoms with van der Waals surface area (Å²) in [4.78, 5) is 22.0. The summed E-state index contributed by atoms with van der Waals surface area (Å²) < 4.78 is 27.7. The van der Waals surface area contributed by atoms with Gasteiger partial charge < -0.3 is 0 Å². The van der Waals surface area contributed by atoms with E-state index < -0.39 is 28.0 Å². The summed E-state index contributed by atoms with van der Waals surface area (Å²) in [6.07, 6.45) is 1.91. The van der Waals surface area contributed by atoms with Crippen LogP contribution in [0.3, 0.4) is 0 Å². The molecule has 1 aliphatic heterocycles. The summed E-state index contributed by atoms with van der Waals surface area (Å²) in [5.41, 5.74) is 0. The van der Waals surface area contributed by atoms with Crippen LogP contribution in [0.2, 0.25) is 0 Å². The standard InChI is InChI=1S/C10H17NO5S/c1-2-3-4-5-6-17(14,15)16-8-7-9(12)11-10(8)13/h8H,2-7H2,1H3,(H,11,12,13). The summed E-state index contributed by atoms with van der Waals surface area (Å²) in [6.45, 7) is 2.03. The molecule has 0 radical (unpaired) electrons. The van der Waals surface area contributed by atoms with Gasteiger partial charge in [0.05, 0.1) is 12.2 Å². The average molecular weight is 263 g/mol. The Morgan fingerprint density at radius 2 is 2.00 bits per heavy atom. The van der Waals surface area contributed by atoms with Gasteiger partial charge in [-0.3, -0.25) is 19.1 Å². The highest BCUT2D eigenvalue weighted by molar-refractivity contribution is 7.86.